The molecule has 1 saturated heterocycles. The first-order valence-electron chi connectivity index (χ1n) is 11.4. The van der Waals surface area contributed by atoms with E-state index in [9.17, 15) is 25.0 Å². The third-order valence-electron chi connectivity index (χ3n) is 5.47. The quantitative estimate of drug-likeness (QED) is 0.172. The van der Waals surface area contributed by atoms with Crippen molar-refractivity contribution in [3.8, 4) is 17.6 Å². The highest BCUT2D eigenvalue weighted by Crippen LogP contribution is 2.40. The summed E-state index contributed by atoms with van der Waals surface area (Å²) in [5.41, 5.74) is 2.01. The Labute approximate surface area is 227 Å². The number of hydrogen-bond donors (Lipinski definition) is 0. The zero-order valence-electron chi connectivity index (χ0n) is 20.0. The van der Waals surface area contributed by atoms with Crippen LogP contribution in [-0.4, -0.2) is 27.6 Å². The van der Waals surface area contributed by atoms with Crippen LogP contribution in [0.25, 0.3) is 6.08 Å². The summed E-state index contributed by atoms with van der Waals surface area (Å²) in [6.07, 6.45) is 1.54. The summed E-state index contributed by atoms with van der Waals surface area (Å²) in [7, 11) is 0. The Morgan fingerprint density at radius 2 is 1.92 bits per heavy atom. The molecule has 0 spiro atoms. The lowest BCUT2D eigenvalue weighted by molar-refractivity contribution is -0.384. The molecule has 192 valence electrons. The second-order valence-corrected chi connectivity index (χ2v) is 9.42. The van der Waals surface area contributed by atoms with E-state index in [2.05, 4.69) is 6.07 Å². The standard InChI is InChI=1S/C27H20ClN3O6S/c1-2-36-23-12-18(11-22(28)25(23)37-16-17-6-5-9-21(10-17)31(34)35)13-24-26(32)30(27(33)38-24)15-20-8-4-3-7-19(20)14-29/h3-13H,2,15-16H2,1H3/b24-13+. The van der Waals surface area contributed by atoms with E-state index in [0.29, 0.717) is 34.6 Å². The van der Waals surface area contributed by atoms with Gasteiger partial charge in [-0.25, -0.2) is 0 Å². The SMILES string of the molecule is CCOc1cc(/C=C2/SC(=O)N(Cc3ccccc3C#N)C2=O)cc(Cl)c1OCc1cccc([N+](=O)[O-])c1. The highest BCUT2D eigenvalue weighted by molar-refractivity contribution is 8.18. The first kappa shape index (κ1) is 26.7. The maximum Gasteiger partial charge on any atom is 0.293 e. The largest absolute Gasteiger partial charge is 0.490 e. The third kappa shape index (κ3) is 5.96. The van der Waals surface area contributed by atoms with Crippen LogP contribution in [0, 0.1) is 21.4 Å². The van der Waals surface area contributed by atoms with Gasteiger partial charge >= 0.3 is 0 Å². The predicted octanol–water partition coefficient (Wildman–Crippen LogP) is 6.33. The molecule has 0 unspecified atom stereocenters. The van der Waals surface area contributed by atoms with Crippen LogP contribution >= 0.6 is 23.4 Å². The number of nitro benzene ring substituents is 1. The van der Waals surface area contributed by atoms with Gasteiger partial charge in [-0.15, -0.1) is 0 Å². The van der Waals surface area contributed by atoms with E-state index in [1.165, 1.54) is 12.1 Å². The molecule has 1 fully saturated rings. The fraction of sp³-hybridized carbons (Fsp3) is 0.148. The molecule has 0 atom stereocenters. The van der Waals surface area contributed by atoms with Crippen LogP contribution in [0.2, 0.25) is 5.02 Å². The van der Waals surface area contributed by atoms with Gasteiger partial charge in [-0.05, 0) is 59.7 Å². The number of amides is 2. The summed E-state index contributed by atoms with van der Waals surface area (Å²) >= 11 is 7.29. The summed E-state index contributed by atoms with van der Waals surface area (Å²) in [5.74, 6) is 0.0880. The Balaban J connectivity index is 1.56. The molecule has 3 aromatic carbocycles. The summed E-state index contributed by atoms with van der Waals surface area (Å²) < 4.78 is 11.5. The van der Waals surface area contributed by atoms with Gasteiger partial charge < -0.3 is 9.47 Å². The molecule has 0 N–H and O–H groups in total. The summed E-state index contributed by atoms with van der Waals surface area (Å²) in [6, 6.07) is 18.1. The average Bonchev–Trinajstić information content (AvgIpc) is 3.16. The van der Waals surface area contributed by atoms with Crippen molar-refractivity contribution in [1.82, 2.24) is 4.90 Å². The number of hydrogen-bond acceptors (Lipinski definition) is 8. The van der Waals surface area contributed by atoms with Gasteiger partial charge in [0, 0.05) is 12.1 Å². The normalized spacial score (nSPS) is 14.0. The predicted molar refractivity (Wildman–Crippen MR) is 143 cm³/mol. The molecule has 1 aliphatic heterocycles. The van der Waals surface area contributed by atoms with E-state index in [1.54, 1.807) is 61.5 Å². The molecule has 3 aromatic rings. The Kier molecular flexibility index (Phi) is 8.31. The van der Waals surface area contributed by atoms with Crippen LogP contribution in [-0.2, 0) is 17.9 Å². The number of carbonyl (C=O) groups is 2. The highest BCUT2D eigenvalue weighted by atomic mass is 35.5. The minimum absolute atomic E-state index is 0.0128. The van der Waals surface area contributed by atoms with E-state index >= 15 is 0 Å². The van der Waals surface area contributed by atoms with E-state index < -0.39 is 16.1 Å². The summed E-state index contributed by atoms with van der Waals surface area (Å²) in [5, 5.41) is 20.1. The zero-order chi connectivity index (χ0) is 27.2. The average molecular weight is 550 g/mol. The highest BCUT2D eigenvalue weighted by Gasteiger charge is 2.35. The van der Waals surface area contributed by atoms with Crippen LogP contribution in [0.4, 0.5) is 10.5 Å². The van der Waals surface area contributed by atoms with E-state index in [1.807, 2.05) is 0 Å². The van der Waals surface area contributed by atoms with Gasteiger partial charge in [0.15, 0.2) is 11.5 Å². The van der Waals surface area contributed by atoms with E-state index in [0.717, 1.165) is 16.7 Å². The molecule has 9 nitrogen and oxygen atoms in total. The van der Waals surface area contributed by atoms with Crippen LogP contribution in [0.3, 0.4) is 0 Å². The number of ether oxygens (including phenoxy) is 2. The van der Waals surface area contributed by atoms with Crippen molar-refractivity contribution in [2.75, 3.05) is 6.61 Å². The monoisotopic (exact) mass is 549 g/mol. The molecule has 0 aliphatic carbocycles. The number of carbonyl (C=O) groups excluding carboxylic acids is 2. The van der Waals surface area contributed by atoms with Gasteiger partial charge in [0.05, 0.1) is 39.6 Å². The number of nitriles is 1. The van der Waals surface area contributed by atoms with Gasteiger partial charge in [0.2, 0.25) is 0 Å². The molecular weight excluding hydrogens is 530 g/mol. The van der Waals surface area contributed by atoms with Crippen LogP contribution in [0.15, 0.2) is 65.6 Å². The van der Waals surface area contributed by atoms with Gasteiger partial charge in [-0.3, -0.25) is 24.6 Å². The molecule has 0 aromatic heterocycles. The van der Waals surface area contributed by atoms with E-state index in [4.69, 9.17) is 21.1 Å². The summed E-state index contributed by atoms with van der Waals surface area (Å²) in [4.78, 5) is 37.5. The minimum Gasteiger partial charge on any atom is -0.490 e. The fourth-order valence-corrected chi connectivity index (χ4v) is 4.83. The van der Waals surface area contributed by atoms with Crippen LogP contribution in [0.1, 0.15) is 29.2 Å². The second kappa shape index (κ2) is 11.8. The van der Waals surface area contributed by atoms with Crippen molar-refractivity contribution in [3.63, 3.8) is 0 Å². The van der Waals surface area contributed by atoms with Crippen molar-refractivity contribution < 1.29 is 24.0 Å². The minimum atomic E-state index is -0.485. The zero-order valence-corrected chi connectivity index (χ0v) is 21.6. The van der Waals surface area contributed by atoms with Crippen molar-refractivity contribution in [1.29, 1.82) is 5.26 Å². The third-order valence-corrected chi connectivity index (χ3v) is 6.66. The number of non-ortho nitro benzene ring substituents is 1. The molecule has 38 heavy (non-hydrogen) atoms. The smallest absolute Gasteiger partial charge is 0.293 e. The molecule has 0 saturated carbocycles. The van der Waals surface area contributed by atoms with Gasteiger partial charge in [0.25, 0.3) is 16.8 Å². The first-order valence-corrected chi connectivity index (χ1v) is 12.6. The van der Waals surface area contributed by atoms with Crippen molar-refractivity contribution >= 4 is 46.3 Å². The number of imide groups is 1. The lowest BCUT2D eigenvalue weighted by Crippen LogP contribution is -2.27. The number of nitrogens with zero attached hydrogens (tertiary/aromatic N) is 3. The Morgan fingerprint density at radius 3 is 2.66 bits per heavy atom. The topological polar surface area (TPSA) is 123 Å². The second-order valence-electron chi connectivity index (χ2n) is 8.02. The van der Waals surface area contributed by atoms with Crippen molar-refractivity contribution in [3.05, 3.63) is 103 Å². The molecule has 1 aliphatic rings. The number of benzene rings is 3. The van der Waals surface area contributed by atoms with Crippen molar-refractivity contribution in [2.45, 2.75) is 20.1 Å². The lowest BCUT2D eigenvalue weighted by Gasteiger charge is -2.15. The van der Waals surface area contributed by atoms with Crippen LogP contribution < -0.4 is 9.47 Å². The Morgan fingerprint density at radius 1 is 1.13 bits per heavy atom. The molecule has 0 bridgehead atoms. The van der Waals surface area contributed by atoms with Gasteiger partial charge in [0.1, 0.15) is 6.61 Å². The van der Waals surface area contributed by atoms with Gasteiger partial charge in [-0.2, -0.15) is 5.26 Å². The molecule has 1 heterocycles. The molecule has 4 rings (SSSR count). The Hall–Kier alpha value is -4.33. The fourth-order valence-electron chi connectivity index (χ4n) is 3.71. The lowest BCUT2D eigenvalue weighted by atomic mass is 10.1. The van der Waals surface area contributed by atoms with Crippen LogP contribution in [0.5, 0.6) is 11.5 Å². The maximum atomic E-state index is 13.0. The number of rotatable bonds is 9. The Bertz CT molecular complexity index is 1500. The maximum absolute atomic E-state index is 13.0. The molecule has 2 amide bonds. The van der Waals surface area contributed by atoms with Crippen molar-refractivity contribution in [2.24, 2.45) is 0 Å². The van der Waals surface area contributed by atoms with E-state index in [-0.39, 0.29) is 34.5 Å². The first-order chi connectivity index (χ1) is 18.3. The molecular formula is C27H20ClN3O6S. The summed E-state index contributed by atoms with van der Waals surface area (Å²) in [6.45, 7) is 2.10. The number of thioether (sulfide) groups is 1. The number of halogens is 1. The molecule has 11 heteroatoms. The number of nitro groups is 1. The van der Waals surface area contributed by atoms with Gasteiger partial charge in [-0.1, -0.05) is 41.9 Å². The molecule has 0 radical (unpaired) electrons.